The van der Waals surface area contributed by atoms with Gasteiger partial charge in [-0.25, -0.2) is 0 Å². The lowest BCUT2D eigenvalue weighted by Crippen LogP contribution is -2.30. The highest BCUT2D eigenvalue weighted by Crippen LogP contribution is 2.26. The second kappa shape index (κ2) is 5.91. The average molecular weight is 212 g/mol. The summed E-state index contributed by atoms with van der Waals surface area (Å²) in [5.74, 6) is 0.246. The number of hydrogen-bond acceptors (Lipinski definition) is 3. The zero-order chi connectivity index (χ0) is 11.3. The SMILES string of the molecule is CC(C)=CCC1CC(CCO)COC1=O. The lowest BCUT2D eigenvalue weighted by molar-refractivity contribution is -0.156. The molecule has 1 rings (SSSR count). The molecule has 3 nitrogen and oxygen atoms in total. The van der Waals surface area contributed by atoms with Crippen molar-refractivity contribution in [1.82, 2.24) is 0 Å². The number of carbonyl (C=O) groups is 1. The molecule has 3 heteroatoms. The van der Waals surface area contributed by atoms with Crippen LogP contribution >= 0.6 is 0 Å². The second-order valence-corrected chi connectivity index (χ2v) is 4.46. The first-order chi connectivity index (χ1) is 7.13. The average Bonchev–Trinajstić information content (AvgIpc) is 2.19. The van der Waals surface area contributed by atoms with Gasteiger partial charge in [0.2, 0.25) is 0 Å². The van der Waals surface area contributed by atoms with Crippen molar-refractivity contribution in [3.05, 3.63) is 11.6 Å². The van der Waals surface area contributed by atoms with Gasteiger partial charge in [-0.15, -0.1) is 0 Å². The Bertz CT molecular complexity index is 241. The van der Waals surface area contributed by atoms with Crippen LogP contribution in [0.3, 0.4) is 0 Å². The van der Waals surface area contributed by atoms with Crippen molar-refractivity contribution in [2.45, 2.75) is 33.1 Å². The fraction of sp³-hybridized carbons (Fsp3) is 0.750. The molecular formula is C12H20O3. The summed E-state index contributed by atoms with van der Waals surface area (Å²) in [6.07, 6.45) is 4.43. The maximum atomic E-state index is 11.4. The van der Waals surface area contributed by atoms with Crippen molar-refractivity contribution in [1.29, 1.82) is 0 Å². The minimum atomic E-state index is -0.0818. The van der Waals surface area contributed by atoms with E-state index < -0.39 is 0 Å². The normalized spacial score (nSPS) is 25.9. The van der Waals surface area contributed by atoms with Crippen molar-refractivity contribution < 1.29 is 14.6 Å². The molecule has 0 amide bonds. The largest absolute Gasteiger partial charge is 0.465 e. The Hall–Kier alpha value is -0.830. The van der Waals surface area contributed by atoms with Crippen molar-refractivity contribution in [3.63, 3.8) is 0 Å². The minimum absolute atomic E-state index is 0.00907. The van der Waals surface area contributed by atoms with Gasteiger partial charge in [0.1, 0.15) is 0 Å². The smallest absolute Gasteiger partial charge is 0.309 e. The predicted molar refractivity (Wildman–Crippen MR) is 58.3 cm³/mol. The summed E-state index contributed by atoms with van der Waals surface area (Å²) < 4.78 is 5.11. The Balaban J connectivity index is 2.46. The summed E-state index contributed by atoms with van der Waals surface area (Å²) in [5, 5.41) is 8.84. The summed E-state index contributed by atoms with van der Waals surface area (Å²) in [7, 11) is 0. The fourth-order valence-electron chi connectivity index (χ4n) is 1.84. The van der Waals surface area contributed by atoms with Gasteiger partial charge < -0.3 is 9.84 Å². The summed E-state index contributed by atoms with van der Waals surface area (Å²) in [6, 6.07) is 0. The first-order valence-electron chi connectivity index (χ1n) is 5.54. The zero-order valence-corrected chi connectivity index (χ0v) is 9.53. The van der Waals surface area contributed by atoms with E-state index in [0.29, 0.717) is 12.5 Å². The van der Waals surface area contributed by atoms with Gasteiger partial charge in [0.15, 0.2) is 0 Å². The van der Waals surface area contributed by atoms with E-state index in [1.807, 2.05) is 13.8 Å². The van der Waals surface area contributed by atoms with Crippen LogP contribution in [0.15, 0.2) is 11.6 Å². The summed E-state index contributed by atoms with van der Waals surface area (Å²) in [5.41, 5.74) is 1.23. The number of rotatable bonds is 4. The van der Waals surface area contributed by atoms with Crippen molar-refractivity contribution in [2.75, 3.05) is 13.2 Å². The molecule has 1 saturated heterocycles. The molecule has 2 atom stereocenters. The number of hydrogen-bond donors (Lipinski definition) is 1. The maximum absolute atomic E-state index is 11.4. The molecule has 0 bridgehead atoms. The summed E-state index contributed by atoms with van der Waals surface area (Å²) in [6.45, 7) is 4.71. The lowest BCUT2D eigenvalue weighted by atomic mass is 9.88. The van der Waals surface area contributed by atoms with E-state index in [1.165, 1.54) is 5.57 Å². The highest BCUT2D eigenvalue weighted by Gasteiger charge is 2.29. The van der Waals surface area contributed by atoms with Crippen LogP contribution < -0.4 is 0 Å². The van der Waals surface area contributed by atoms with E-state index in [-0.39, 0.29) is 18.5 Å². The Morgan fingerprint density at radius 3 is 2.93 bits per heavy atom. The van der Waals surface area contributed by atoms with Crippen molar-refractivity contribution in [3.8, 4) is 0 Å². The van der Waals surface area contributed by atoms with E-state index in [1.54, 1.807) is 0 Å². The first-order valence-corrected chi connectivity index (χ1v) is 5.54. The molecule has 0 aromatic rings. The lowest BCUT2D eigenvalue weighted by Gasteiger charge is -2.27. The molecule has 86 valence electrons. The highest BCUT2D eigenvalue weighted by molar-refractivity contribution is 5.73. The van der Waals surface area contributed by atoms with Gasteiger partial charge in [0, 0.05) is 6.61 Å². The minimum Gasteiger partial charge on any atom is -0.465 e. The molecule has 0 aromatic heterocycles. The van der Waals surface area contributed by atoms with Crippen LogP contribution in [0.5, 0.6) is 0 Å². The van der Waals surface area contributed by atoms with E-state index >= 15 is 0 Å². The van der Waals surface area contributed by atoms with Crippen LogP contribution in [-0.4, -0.2) is 24.3 Å². The number of cyclic esters (lactones) is 1. The predicted octanol–water partition coefficient (Wildman–Crippen LogP) is 1.90. The Labute approximate surface area is 91.1 Å². The Morgan fingerprint density at radius 2 is 2.33 bits per heavy atom. The molecule has 1 aliphatic heterocycles. The monoisotopic (exact) mass is 212 g/mol. The molecule has 0 aliphatic carbocycles. The van der Waals surface area contributed by atoms with Crippen LogP contribution in [-0.2, 0) is 9.53 Å². The third-order valence-electron chi connectivity index (χ3n) is 2.76. The summed E-state index contributed by atoms with van der Waals surface area (Å²) >= 11 is 0. The number of carbonyl (C=O) groups excluding carboxylic acids is 1. The molecule has 1 heterocycles. The molecule has 1 N–H and O–H groups in total. The molecule has 0 aromatic carbocycles. The third-order valence-corrected chi connectivity index (χ3v) is 2.76. The molecule has 1 fully saturated rings. The molecule has 1 aliphatic rings. The van der Waals surface area contributed by atoms with Crippen molar-refractivity contribution in [2.24, 2.45) is 11.8 Å². The fourth-order valence-corrected chi connectivity index (χ4v) is 1.84. The molecular weight excluding hydrogens is 192 g/mol. The van der Waals surface area contributed by atoms with Crippen molar-refractivity contribution >= 4 is 5.97 Å². The number of esters is 1. The van der Waals surface area contributed by atoms with Gasteiger partial charge in [0.25, 0.3) is 0 Å². The van der Waals surface area contributed by atoms with E-state index in [0.717, 1.165) is 19.3 Å². The Kier molecular flexibility index (Phi) is 4.82. The molecule has 15 heavy (non-hydrogen) atoms. The molecule has 2 unspecified atom stereocenters. The van der Waals surface area contributed by atoms with E-state index in [4.69, 9.17) is 9.84 Å². The maximum Gasteiger partial charge on any atom is 0.309 e. The highest BCUT2D eigenvalue weighted by atomic mass is 16.5. The summed E-state index contributed by atoms with van der Waals surface area (Å²) in [4.78, 5) is 11.4. The molecule has 0 saturated carbocycles. The van der Waals surface area contributed by atoms with E-state index in [2.05, 4.69) is 6.08 Å². The first kappa shape index (κ1) is 12.2. The van der Waals surface area contributed by atoms with Crippen LogP contribution in [0, 0.1) is 11.8 Å². The van der Waals surface area contributed by atoms with Gasteiger partial charge in [-0.05, 0) is 39.0 Å². The quantitative estimate of drug-likeness (QED) is 0.572. The standard InChI is InChI=1S/C12H20O3/c1-9(2)3-4-11-7-10(5-6-13)8-15-12(11)14/h3,10-11,13H,4-8H2,1-2H3. The number of ether oxygens (including phenoxy) is 1. The van der Waals surface area contributed by atoms with E-state index in [9.17, 15) is 4.79 Å². The molecule has 0 spiro atoms. The molecule has 0 radical (unpaired) electrons. The van der Waals surface area contributed by atoms with Gasteiger partial charge in [0.05, 0.1) is 12.5 Å². The topological polar surface area (TPSA) is 46.5 Å². The van der Waals surface area contributed by atoms with Gasteiger partial charge in [-0.1, -0.05) is 11.6 Å². The van der Waals surface area contributed by atoms with Gasteiger partial charge >= 0.3 is 5.97 Å². The van der Waals surface area contributed by atoms with Gasteiger partial charge in [-0.2, -0.15) is 0 Å². The number of aliphatic hydroxyl groups is 1. The van der Waals surface area contributed by atoms with Gasteiger partial charge in [-0.3, -0.25) is 4.79 Å². The zero-order valence-electron chi connectivity index (χ0n) is 9.53. The number of allylic oxidation sites excluding steroid dienone is 2. The van der Waals surface area contributed by atoms with Crippen LogP contribution in [0.1, 0.15) is 33.1 Å². The van der Waals surface area contributed by atoms with Crippen LogP contribution in [0.2, 0.25) is 0 Å². The number of aliphatic hydroxyl groups excluding tert-OH is 1. The van der Waals surface area contributed by atoms with Crippen LogP contribution in [0.4, 0.5) is 0 Å². The second-order valence-electron chi connectivity index (χ2n) is 4.46. The van der Waals surface area contributed by atoms with Crippen LogP contribution in [0.25, 0.3) is 0 Å². The third kappa shape index (κ3) is 4.04. The Morgan fingerprint density at radius 1 is 1.60 bits per heavy atom.